The van der Waals surface area contributed by atoms with Crippen molar-refractivity contribution < 1.29 is 0 Å². The van der Waals surface area contributed by atoms with Crippen molar-refractivity contribution in [3.63, 3.8) is 0 Å². The molecule has 0 spiro atoms. The molecule has 0 radical (unpaired) electrons. The van der Waals surface area contributed by atoms with Gasteiger partial charge in [-0.15, -0.1) is 0 Å². The molecule has 0 unspecified atom stereocenters. The topological polar surface area (TPSA) is 62.8 Å². The SMILES string of the molecule is N=Cc1cc(C2=C(c3cccc(C4=CCCC4)c3)CCCC2)cnc1N. The van der Waals surface area contributed by atoms with Crippen LogP contribution in [0, 0.1) is 5.41 Å². The fourth-order valence-corrected chi connectivity index (χ4v) is 4.16. The second kappa shape index (κ2) is 7.28. The fraction of sp³-hybridized carbons (Fsp3) is 0.304. The number of anilines is 1. The number of nitrogens with one attached hydrogen (secondary N) is 1. The Balaban J connectivity index is 1.79. The summed E-state index contributed by atoms with van der Waals surface area (Å²) in [6, 6.07) is 11.0. The summed E-state index contributed by atoms with van der Waals surface area (Å²) < 4.78 is 0. The first-order valence-corrected chi connectivity index (χ1v) is 9.54. The zero-order valence-electron chi connectivity index (χ0n) is 15.1. The molecule has 4 rings (SSSR count). The van der Waals surface area contributed by atoms with Crippen molar-refractivity contribution in [1.82, 2.24) is 4.98 Å². The number of benzene rings is 1. The third-order valence-electron chi connectivity index (χ3n) is 5.54. The molecule has 2 aliphatic rings. The maximum absolute atomic E-state index is 7.57. The highest BCUT2D eigenvalue weighted by Crippen LogP contribution is 2.39. The molecule has 0 atom stereocenters. The molecule has 3 heteroatoms. The molecule has 1 aromatic heterocycles. The van der Waals surface area contributed by atoms with Crippen LogP contribution >= 0.6 is 0 Å². The second-order valence-corrected chi connectivity index (χ2v) is 7.21. The van der Waals surface area contributed by atoms with Gasteiger partial charge < -0.3 is 11.1 Å². The van der Waals surface area contributed by atoms with E-state index in [9.17, 15) is 0 Å². The number of nitrogen functional groups attached to an aromatic ring is 1. The zero-order chi connectivity index (χ0) is 17.9. The van der Waals surface area contributed by atoms with Crippen LogP contribution in [0.3, 0.4) is 0 Å². The van der Waals surface area contributed by atoms with Gasteiger partial charge in [-0.25, -0.2) is 4.98 Å². The van der Waals surface area contributed by atoms with E-state index in [0.29, 0.717) is 11.4 Å². The van der Waals surface area contributed by atoms with Gasteiger partial charge in [0.1, 0.15) is 5.82 Å². The number of hydrogen-bond donors (Lipinski definition) is 2. The zero-order valence-corrected chi connectivity index (χ0v) is 15.1. The van der Waals surface area contributed by atoms with Crippen molar-refractivity contribution in [2.75, 3.05) is 5.73 Å². The van der Waals surface area contributed by atoms with Gasteiger partial charge in [0.25, 0.3) is 0 Å². The summed E-state index contributed by atoms with van der Waals surface area (Å²) in [7, 11) is 0. The predicted molar refractivity (Wildman–Crippen MR) is 110 cm³/mol. The quantitative estimate of drug-likeness (QED) is 0.698. The number of aromatic nitrogens is 1. The van der Waals surface area contributed by atoms with Crippen LogP contribution in [0.2, 0.25) is 0 Å². The average Bonchev–Trinajstić information content (AvgIpc) is 3.23. The van der Waals surface area contributed by atoms with Gasteiger partial charge in [-0.05, 0) is 90.5 Å². The van der Waals surface area contributed by atoms with E-state index in [4.69, 9.17) is 11.1 Å². The van der Waals surface area contributed by atoms with Crippen molar-refractivity contribution >= 4 is 28.8 Å². The monoisotopic (exact) mass is 343 g/mol. The normalized spacial score (nSPS) is 17.3. The smallest absolute Gasteiger partial charge is 0.132 e. The Morgan fingerprint density at radius 1 is 0.923 bits per heavy atom. The van der Waals surface area contributed by atoms with Gasteiger partial charge in [0.05, 0.1) is 0 Å². The Morgan fingerprint density at radius 2 is 1.69 bits per heavy atom. The number of rotatable bonds is 4. The van der Waals surface area contributed by atoms with Crippen LogP contribution in [0.25, 0.3) is 16.7 Å². The molecule has 0 aliphatic heterocycles. The molecule has 1 heterocycles. The molecule has 2 aliphatic carbocycles. The van der Waals surface area contributed by atoms with Gasteiger partial charge in [0.2, 0.25) is 0 Å². The summed E-state index contributed by atoms with van der Waals surface area (Å²) in [6.45, 7) is 0. The molecule has 26 heavy (non-hydrogen) atoms. The lowest BCUT2D eigenvalue weighted by atomic mass is 9.83. The summed E-state index contributed by atoms with van der Waals surface area (Å²) in [5.41, 5.74) is 14.7. The Labute approximate surface area is 155 Å². The van der Waals surface area contributed by atoms with E-state index >= 15 is 0 Å². The lowest BCUT2D eigenvalue weighted by Crippen LogP contribution is -2.03. The fourth-order valence-electron chi connectivity index (χ4n) is 4.16. The first-order chi connectivity index (χ1) is 12.8. The van der Waals surface area contributed by atoms with E-state index < -0.39 is 0 Å². The van der Waals surface area contributed by atoms with E-state index in [1.165, 1.54) is 66.2 Å². The molecule has 132 valence electrons. The molecule has 1 aromatic carbocycles. The van der Waals surface area contributed by atoms with Crippen LogP contribution in [0.1, 0.15) is 67.2 Å². The van der Waals surface area contributed by atoms with E-state index in [1.54, 1.807) is 0 Å². The summed E-state index contributed by atoms with van der Waals surface area (Å²) in [4.78, 5) is 4.32. The predicted octanol–water partition coefficient (Wildman–Crippen LogP) is 5.71. The molecule has 0 saturated carbocycles. The highest BCUT2D eigenvalue weighted by Gasteiger charge is 2.18. The minimum absolute atomic E-state index is 0.428. The molecular weight excluding hydrogens is 318 g/mol. The van der Waals surface area contributed by atoms with Crippen LogP contribution in [0.15, 0.2) is 42.6 Å². The number of pyridine rings is 1. The Morgan fingerprint density at radius 3 is 2.42 bits per heavy atom. The molecule has 3 nitrogen and oxygen atoms in total. The largest absolute Gasteiger partial charge is 0.383 e. The Bertz CT molecular complexity index is 905. The van der Waals surface area contributed by atoms with Crippen LogP contribution in [-0.2, 0) is 0 Å². The van der Waals surface area contributed by atoms with Crippen molar-refractivity contribution in [2.45, 2.75) is 44.9 Å². The van der Waals surface area contributed by atoms with Crippen molar-refractivity contribution in [3.8, 4) is 0 Å². The molecular formula is C23H25N3. The van der Waals surface area contributed by atoms with E-state index in [0.717, 1.165) is 18.4 Å². The standard InChI is InChI=1S/C23H25N3/c24-14-19-13-20(15-26-23(19)25)22-11-4-3-10-21(22)18-9-5-8-17(12-18)16-6-1-2-7-16/h5-6,8-9,12-15,24H,1-4,7,10-11H2,(H2,25,26). The van der Waals surface area contributed by atoms with Gasteiger partial charge in [-0.3, -0.25) is 0 Å². The maximum atomic E-state index is 7.57. The number of nitrogens with two attached hydrogens (primary N) is 1. The summed E-state index contributed by atoms with van der Waals surface area (Å²) in [6.07, 6.45) is 13.8. The number of allylic oxidation sites excluding steroid dienone is 4. The third kappa shape index (κ3) is 3.22. The first-order valence-electron chi connectivity index (χ1n) is 9.54. The van der Waals surface area contributed by atoms with Crippen LogP contribution in [0.4, 0.5) is 5.82 Å². The Hall–Kier alpha value is -2.68. The summed E-state index contributed by atoms with van der Waals surface area (Å²) in [5.74, 6) is 0.428. The highest BCUT2D eigenvalue weighted by atomic mass is 14.8. The molecule has 0 amide bonds. The third-order valence-corrected chi connectivity index (χ3v) is 5.54. The Kier molecular flexibility index (Phi) is 4.70. The molecule has 2 aromatic rings. The van der Waals surface area contributed by atoms with Crippen molar-refractivity contribution in [3.05, 3.63) is 64.9 Å². The van der Waals surface area contributed by atoms with E-state index in [1.807, 2.05) is 12.3 Å². The summed E-state index contributed by atoms with van der Waals surface area (Å²) >= 11 is 0. The van der Waals surface area contributed by atoms with Crippen molar-refractivity contribution in [1.29, 1.82) is 5.41 Å². The van der Waals surface area contributed by atoms with Gasteiger partial charge in [-0.2, -0.15) is 0 Å². The molecule has 0 saturated heterocycles. The first kappa shape index (κ1) is 16.8. The number of nitrogens with zero attached hydrogens (tertiary/aromatic N) is 1. The van der Waals surface area contributed by atoms with Gasteiger partial charge in [0.15, 0.2) is 0 Å². The van der Waals surface area contributed by atoms with E-state index in [2.05, 4.69) is 35.3 Å². The molecule has 0 fully saturated rings. The minimum atomic E-state index is 0.428. The van der Waals surface area contributed by atoms with Crippen molar-refractivity contribution in [2.24, 2.45) is 0 Å². The average molecular weight is 343 g/mol. The lowest BCUT2D eigenvalue weighted by Gasteiger charge is -2.22. The van der Waals surface area contributed by atoms with Gasteiger partial charge in [0, 0.05) is 18.0 Å². The number of hydrogen-bond acceptors (Lipinski definition) is 3. The minimum Gasteiger partial charge on any atom is -0.383 e. The highest BCUT2D eigenvalue weighted by molar-refractivity contribution is 5.94. The van der Waals surface area contributed by atoms with E-state index in [-0.39, 0.29) is 0 Å². The van der Waals surface area contributed by atoms with Crippen LogP contribution in [-0.4, -0.2) is 11.2 Å². The molecule has 3 N–H and O–H groups in total. The van der Waals surface area contributed by atoms with Crippen LogP contribution < -0.4 is 5.73 Å². The van der Waals surface area contributed by atoms with Gasteiger partial charge >= 0.3 is 0 Å². The second-order valence-electron chi connectivity index (χ2n) is 7.21. The van der Waals surface area contributed by atoms with Crippen LogP contribution in [0.5, 0.6) is 0 Å². The van der Waals surface area contributed by atoms with Gasteiger partial charge in [-0.1, -0.05) is 24.3 Å². The summed E-state index contributed by atoms with van der Waals surface area (Å²) in [5, 5.41) is 7.57. The lowest BCUT2D eigenvalue weighted by molar-refractivity contribution is 0.753. The molecule has 0 bridgehead atoms. The maximum Gasteiger partial charge on any atom is 0.132 e.